The molecular weight excluding hydrogens is 339 g/mol. The first-order valence-corrected chi connectivity index (χ1v) is 10.8. The van der Waals surface area contributed by atoms with E-state index in [4.69, 9.17) is 4.74 Å². The molecule has 132 valence electrons. The highest BCUT2D eigenvalue weighted by molar-refractivity contribution is 8.07. The van der Waals surface area contributed by atoms with E-state index in [1.807, 2.05) is 54.6 Å². The van der Waals surface area contributed by atoms with E-state index in [9.17, 15) is 4.79 Å². The molecule has 0 aliphatic carbocycles. The maximum absolute atomic E-state index is 13.6. The highest BCUT2D eigenvalue weighted by Gasteiger charge is 2.55. The minimum absolute atomic E-state index is 0.116. The molecule has 0 saturated carbocycles. The van der Waals surface area contributed by atoms with Gasteiger partial charge in [-0.1, -0.05) is 67.9 Å². The summed E-state index contributed by atoms with van der Waals surface area (Å²) in [6, 6.07) is 30.2. The molecule has 0 amide bonds. The first-order chi connectivity index (χ1) is 12.8. The third-order valence-electron chi connectivity index (χ3n) is 4.43. The van der Waals surface area contributed by atoms with E-state index in [-0.39, 0.29) is 5.71 Å². The first-order valence-electron chi connectivity index (χ1n) is 9.03. The van der Waals surface area contributed by atoms with Crippen LogP contribution < -0.4 is 15.9 Å². The van der Waals surface area contributed by atoms with Crippen molar-refractivity contribution in [1.29, 1.82) is 0 Å². The highest BCUT2D eigenvalue weighted by atomic mass is 31.2. The molecule has 0 atom stereocenters. The molecule has 3 aromatic rings. The van der Waals surface area contributed by atoms with Crippen LogP contribution in [0.3, 0.4) is 0 Å². The molecule has 0 bridgehead atoms. The van der Waals surface area contributed by atoms with Crippen molar-refractivity contribution in [3.05, 3.63) is 91.0 Å². The van der Waals surface area contributed by atoms with Gasteiger partial charge in [0.05, 0.1) is 6.61 Å². The van der Waals surface area contributed by atoms with Crippen LogP contribution in [0.2, 0.25) is 0 Å². The Kier molecular flexibility index (Phi) is 6.20. The van der Waals surface area contributed by atoms with Gasteiger partial charge in [-0.25, -0.2) is 4.79 Å². The number of benzene rings is 3. The van der Waals surface area contributed by atoms with E-state index in [1.54, 1.807) is 0 Å². The Labute approximate surface area is 156 Å². The molecule has 26 heavy (non-hydrogen) atoms. The Hall–Kier alpha value is -2.44. The number of hydrogen-bond donors (Lipinski definition) is 0. The summed E-state index contributed by atoms with van der Waals surface area (Å²) in [7, 11) is -2.55. The standard InChI is InChI=1S/C23H24O2P/c1-2-3-19-25-23(24)26(20-13-7-4-8-14-20,21-15-9-5-10-16-21)22-17-11-6-12-18-22/h4-18H,2-3,19H2,1H3/q+1. The van der Waals surface area contributed by atoms with Crippen molar-refractivity contribution < 1.29 is 9.53 Å². The van der Waals surface area contributed by atoms with E-state index < -0.39 is 7.26 Å². The molecule has 0 aliphatic rings. The second-order valence-corrected chi connectivity index (χ2v) is 9.40. The molecule has 3 rings (SSSR count). The summed E-state index contributed by atoms with van der Waals surface area (Å²) >= 11 is 0. The van der Waals surface area contributed by atoms with Gasteiger partial charge in [0.15, 0.2) is 0 Å². The first kappa shape index (κ1) is 18.4. The van der Waals surface area contributed by atoms with Gasteiger partial charge in [0.1, 0.15) is 15.9 Å². The Morgan fingerprint density at radius 1 is 0.731 bits per heavy atom. The lowest BCUT2D eigenvalue weighted by molar-refractivity contribution is 0.172. The van der Waals surface area contributed by atoms with E-state index in [0.717, 1.165) is 28.8 Å². The van der Waals surface area contributed by atoms with Crippen LogP contribution in [-0.4, -0.2) is 12.3 Å². The number of rotatable bonds is 7. The van der Waals surface area contributed by atoms with Gasteiger partial charge in [0.2, 0.25) is 7.26 Å². The third kappa shape index (κ3) is 3.57. The summed E-state index contributed by atoms with van der Waals surface area (Å²) in [4.78, 5) is 13.6. The topological polar surface area (TPSA) is 26.3 Å². The average molecular weight is 363 g/mol. The van der Waals surface area contributed by atoms with Gasteiger partial charge in [-0.2, -0.15) is 0 Å². The van der Waals surface area contributed by atoms with Gasteiger partial charge in [-0.15, -0.1) is 0 Å². The fourth-order valence-corrected chi connectivity index (χ4v) is 6.79. The van der Waals surface area contributed by atoms with Crippen LogP contribution >= 0.6 is 7.26 Å². The molecule has 2 nitrogen and oxygen atoms in total. The molecule has 0 radical (unpaired) electrons. The van der Waals surface area contributed by atoms with Crippen molar-refractivity contribution in [3.63, 3.8) is 0 Å². The zero-order valence-corrected chi connectivity index (χ0v) is 15.9. The van der Waals surface area contributed by atoms with Crippen LogP contribution in [0.25, 0.3) is 0 Å². The molecule has 0 saturated heterocycles. The Morgan fingerprint density at radius 3 is 1.46 bits per heavy atom. The number of unbranched alkanes of at least 4 members (excludes halogenated alkanes) is 1. The van der Waals surface area contributed by atoms with E-state index in [0.29, 0.717) is 6.61 Å². The number of carbonyl (C=O) groups is 1. The lowest BCUT2D eigenvalue weighted by Crippen LogP contribution is -2.36. The normalized spacial score (nSPS) is 11.1. The SMILES string of the molecule is CCCCOC(=O)[P+](c1ccccc1)(c1ccccc1)c1ccccc1. The molecule has 0 fully saturated rings. The van der Waals surface area contributed by atoms with Crippen LogP contribution in [0.15, 0.2) is 91.0 Å². The van der Waals surface area contributed by atoms with Crippen LogP contribution in [0.5, 0.6) is 0 Å². The van der Waals surface area contributed by atoms with Crippen molar-refractivity contribution in [3.8, 4) is 0 Å². The van der Waals surface area contributed by atoms with Crippen molar-refractivity contribution in [1.82, 2.24) is 0 Å². The molecule has 0 aromatic heterocycles. The smallest absolute Gasteiger partial charge is 0.435 e. The molecular formula is C23H24O2P+. The van der Waals surface area contributed by atoms with Crippen molar-refractivity contribution >= 4 is 28.9 Å². The molecule has 3 aromatic carbocycles. The summed E-state index contributed by atoms with van der Waals surface area (Å²) in [6.45, 7) is 2.56. The Balaban J connectivity index is 2.23. The van der Waals surface area contributed by atoms with Gasteiger partial charge in [-0.05, 0) is 42.8 Å². The maximum atomic E-state index is 13.6. The van der Waals surface area contributed by atoms with E-state index >= 15 is 0 Å². The highest BCUT2D eigenvalue weighted by Crippen LogP contribution is 2.56. The van der Waals surface area contributed by atoms with Crippen LogP contribution in [0.4, 0.5) is 4.79 Å². The van der Waals surface area contributed by atoms with Gasteiger partial charge in [0.25, 0.3) is 0 Å². The zero-order valence-electron chi connectivity index (χ0n) is 15.0. The van der Waals surface area contributed by atoms with Gasteiger partial charge in [0, 0.05) is 0 Å². The largest absolute Gasteiger partial charge is 0.466 e. The minimum Gasteiger partial charge on any atom is -0.435 e. The summed E-state index contributed by atoms with van der Waals surface area (Å²) < 4.78 is 5.82. The van der Waals surface area contributed by atoms with Crippen LogP contribution in [0, 0.1) is 0 Å². The van der Waals surface area contributed by atoms with E-state index in [1.165, 1.54) is 0 Å². The maximum Gasteiger partial charge on any atom is 0.466 e. The predicted molar refractivity (Wildman–Crippen MR) is 111 cm³/mol. The Bertz CT molecular complexity index is 720. The lowest BCUT2D eigenvalue weighted by atomic mass is 10.4. The monoisotopic (exact) mass is 363 g/mol. The summed E-state index contributed by atoms with van der Waals surface area (Å²) in [5, 5.41) is 3.08. The quantitative estimate of drug-likeness (QED) is 0.440. The van der Waals surface area contributed by atoms with E-state index in [2.05, 4.69) is 43.3 Å². The van der Waals surface area contributed by atoms with Gasteiger partial charge >= 0.3 is 5.71 Å². The summed E-state index contributed by atoms with van der Waals surface area (Å²) in [6.07, 6.45) is 1.88. The van der Waals surface area contributed by atoms with Crippen LogP contribution in [0.1, 0.15) is 19.8 Å². The van der Waals surface area contributed by atoms with Gasteiger partial charge < -0.3 is 4.74 Å². The third-order valence-corrected chi connectivity index (χ3v) is 8.32. The lowest BCUT2D eigenvalue weighted by Gasteiger charge is -2.24. The molecule has 0 unspecified atom stereocenters. The van der Waals surface area contributed by atoms with Crippen molar-refractivity contribution in [2.75, 3.05) is 6.61 Å². The fourth-order valence-electron chi connectivity index (χ4n) is 3.12. The number of carbonyl (C=O) groups excluding carboxylic acids is 1. The minimum atomic E-state index is -2.55. The number of ether oxygens (including phenoxy) is 1. The Morgan fingerprint density at radius 2 is 1.12 bits per heavy atom. The second kappa shape index (κ2) is 8.78. The molecule has 0 N–H and O–H groups in total. The second-order valence-electron chi connectivity index (χ2n) is 6.15. The summed E-state index contributed by atoms with van der Waals surface area (Å²) in [5.74, 6) is 0. The van der Waals surface area contributed by atoms with Crippen molar-refractivity contribution in [2.45, 2.75) is 19.8 Å². The predicted octanol–water partition coefficient (Wildman–Crippen LogP) is 4.92. The van der Waals surface area contributed by atoms with Gasteiger partial charge in [-0.3, -0.25) is 0 Å². The average Bonchev–Trinajstić information content (AvgIpc) is 2.71. The molecule has 0 aliphatic heterocycles. The number of hydrogen-bond acceptors (Lipinski definition) is 2. The summed E-state index contributed by atoms with van der Waals surface area (Å²) in [5.41, 5.74) is -0.116. The van der Waals surface area contributed by atoms with Crippen LogP contribution in [-0.2, 0) is 4.74 Å². The molecule has 0 heterocycles. The van der Waals surface area contributed by atoms with Crippen molar-refractivity contribution in [2.24, 2.45) is 0 Å². The fraction of sp³-hybridized carbons (Fsp3) is 0.174. The zero-order chi connectivity index (χ0) is 18.2. The molecule has 0 spiro atoms. The molecule has 3 heteroatoms.